The number of carbonyl (C=O) groups is 1. The van der Waals surface area contributed by atoms with Crippen molar-refractivity contribution in [2.75, 3.05) is 26.8 Å². The van der Waals surface area contributed by atoms with Crippen LogP contribution in [0.4, 0.5) is 0 Å². The Labute approximate surface area is 109 Å². The molecule has 2 fully saturated rings. The van der Waals surface area contributed by atoms with Gasteiger partial charge in [0.1, 0.15) is 0 Å². The molecule has 2 atom stereocenters. The summed E-state index contributed by atoms with van der Waals surface area (Å²) in [6.07, 6.45) is 4.24. The van der Waals surface area contributed by atoms with E-state index >= 15 is 0 Å². The van der Waals surface area contributed by atoms with E-state index in [9.17, 15) is 4.79 Å². The predicted molar refractivity (Wildman–Crippen MR) is 69.5 cm³/mol. The van der Waals surface area contributed by atoms with Gasteiger partial charge < -0.3 is 15.0 Å². The molecular formula is C12H23ClN2O2. The van der Waals surface area contributed by atoms with Gasteiger partial charge in [0.15, 0.2) is 0 Å². The maximum Gasteiger partial charge on any atom is 0.242 e. The van der Waals surface area contributed by atoms with Gasteiger partial charge >= 0.3 is 0 Å². The fraction of sp³-hybridized carbons (Fsp3) is 0.917. The van der Waals surface area contributed by atoms with Gasteiger partial charge in [0.05, 0.1) is 18.2 Å². The van der Waals surface area contributed by atoms with E-state index in [1.165, 1.54) is 6.42 Å². The van der Waals surface area contributed by atoms with Gasteiger partial charge in [-0.05, 0) is 39.2 Å². The minimum absolute atomic E-state index is 0. The third-order valence-corrected chi connectivity index (χ3v) is 3.86. The van der Waals surface area contributed by atoms with Crippen molar-refractivity contribution in [3.63, 3.8) is 0 Å². The summed E-state index contributed by atoms with van der Waals surface area (Å²) in [5.74, 6) is 0.225. The average Bonchev–Trinajstić information content (AvgIpc) is 2.81. The maximum atomic E-state index is 12.4. The van der Waals surface area contributed by atoms with Crippen LogP contribution in [-0.4, -0.2) is 49.2 Å². The van der Waals surface area contributed by atoms with E-state index in [0.717, 1.165) is 32.4 Å². The van der Waals surface area contributed by atoms with E-state index in [-0.39, 0.29) is 29.9 Å². The third-order valence-electron chi connectivity index (χ3n) is 3.86. The van der Waals surface area contributed by atoms with Gasteiger partial charge in [-0.1, -0.05) is 0 Å². The zero-order valence-electron chi connectivity index (χ0n) is 10.7. The molecule has 1 amide bonds. The molecule has 0 aliphatic carbocycles. The minimum atomic E-state index is -0.352. The van der Waals surface area contributed by atoms with Gasteiger partial charge in [-0.2, -0.15) is 0 Å². The highest BCUT2D eigenvalue weighted by Crippen LogP contribution is 2.23. The first-order valence-corrected chi connectivity index (χ1v) is 6.23. The molecule has 2 aliphatic rings. The number of hydrogen-bond acceptors (Lipinski definition) is 3. The Morgan fingerprint density at radius 3 is 2.76 bits per heavy atom. The smallest absolute Gasteiger partial charge is 0.242 e. The summed E-state index contributed by atoms with van der Waals surface area (Å²) in [5, 5.41) is 3.37. The molecule has 2 saturated heterocycles. The number of likely N-dealkylation sites (N-methyl/N-ethyl adjacent to an activating group) is 1. The van der Waals surface area contributed by atoms with Crippen molar-refractivity contribution in [2.45, 2.75) is 44.2 Å². The molecule has 2 heterocycles. The molecule has 100 valence electrons. The first-order chi connectivity index (χ1) is 7.63. The number of carbonyl (C=O) groups excluding carboxylic acids is 1. The Hall–Kier alpha value is -0.320. The SMILES string of the molecule is CN(C(=O)C1(C)CCCCN1)C1CCOC1.Cl. The molecule has 0 spiro atoms. The average molecular weight is 263 g/mol. The van der Waals surface area contributed by atoms with Crippen molar-refractivity contribution in [3.8, 4) is 0 Å². The van der Waals surface area contributed by atoms with E-state index in [1.807, 2.05) is 18.9 Å². The van der Waals surface area contributed by atoms with Gasteiger partial charge in [0.2, 0.25) is 5.91 Å². The third kappa shape index (κ3) is 3.12. The van der Waals surface area contributed by atoms with Crippen LogP contribution in [0, 0.1) is 0 Å². The van der Waals surface area contributed by atoms with Crippen molar-refractivity contribution < 1.29 is 9.53 Å². The lowest BCUT2D eigenvalue weighted by atomic mass is 9.89. The van der Waals surface area contributed by atoms with E-state index in [4.69, 9.17) is 4.74 Å². The van der Waals surface area contributed by atoms with Crippen LogP contribution in [0.25, 0.3) is 0 Å². The Morgan fingerprint density at radius 2 is 2.24 bits per heavy atom. The molecule has 2 rings (SSSR count). The lowest BCUT2D eigenvalue weighted by molar-refractivity contribution is -0.139. The van der Waals surface area contributed by atoms with Crippen LogP contribution >= 0.6 is 12.4 Å². The fourth-order valence-electron chi connectivity index (χ4n) is 2.62. The highest BCUT2D eigenvalue weighted by Gasteiger charge is 2.38. The molecule has 0 radical (unpaired) electrons. The molecule has 0 aromatic carbocycles. The molecule has 5 heteroatoms. The number of amides is 1. The molecule has 2 unspecified atom stereocenters. The zero-order valence-corrected chi connectivity index (χ0v) is 11.5. The second-order valence-corrected chi connectivity index (χ2v) is 5.15. The van der Waals surface area contributed by atoms with Crippen molar-refractivity contribution in [1.82, 2.24) is 10.2 Å². The van der Waals surface area contributed by atoms with E-state index in [2.05, 4.69) is 5.32 Å². The Morgan fingerprint density at radius 1 is 1.47 bits per heavy atom. The van der Waals surface area contributed by atoms with Crippen LogP contribution in [0.15, 0.2) is 0 Å². The standard InChI is InChI=1S/C12H22N2O2.ClH/c1-12(6-3-4-7-13-12)11(15)14(2)10-5-8-16-9-10;/h10,13H,3-9H2,1-2H3;1H. The number of hydrogen-bond donors (Lipinski definition) is 1. The summed E-state index contributed by atoms with van der Waals surface area (Å²) in [6, 6.07) is 0.271. The normalized spacial score (nSPS) is 32.9. The number of halogens is 1. The highest BCUT2D eigenvalue weighted by atomic mass is 35.5. The van der Waals surface area contributed by atoms with Crippen LogP contribution in [-0.2, 0) is 9.53 Å². The topological polar surface area (TPSA) is 41.6 Å². The Kier molecular flexibility index (Phi) is 5.22. The molecule has 0 aromatic rings. The first kappa shape index (κ1) is 14.7. The van der Waals surface area contributed by atoms with E-state index in [1.54, 1.807) is 0 Å². The fourth-order valence-corrected chi connectivity index (χ4v) is 2.62. The summed E-state index contributed by atoms with van der Waals surface area (Å²) in [7, 11) is 1.91. The van der Waals surface area contributed by atoms with Crippen molar-refractivity contribution >= 4 is 18.3 Å². The van der Waals surface area contributed by atoms with Crippen molar-refractivity contribution in [1.29, 1.82) is 0 Å². The van der Waals surface area contributed by atoms with Gasteiger partial charge in [-0.25, -0.2) is 0 Å². The van der Waals surface area contributed by atoms with Crippen molar-refractivity contribution in [2.24, 2.45) is 0 Å². The van der Waals surface area contributed by atoms with Gasteiger partial charge in [0, 0.05) is 13.7 Å². The van der Waals surface area contributed by atoms with Gasteiger partial charge in [0.25, 0.3) is 0 Å². The predicted octanol–water partition coefficient (Wildman–Crippen LogP) is 1.19. The Bertz CT molecular complexity index is 261. The molecule has 17 heavy (non-hydrogen) atoms. The van der Waals surface area contributed by atoms with Gasteiger partial charge in [-0.3, -0.25) is 4.79 Å². The summed E-state index contributed by atoms with van der Waals surface area (Å²) in [4.78, 5) is 14.3. The number of nitrogens with one attached hydrogen (secondary N) is 1. The molecular weight excluding hydrogens is 240 g/mol. The van der Waals surface area contributed by atoms with E-state index in [0.29, 0.717) is 6.61 Å². The second-order valence-electron chi connectivity index (χ2n) is 5.15. The zero-order chi connectivity index (χ0) is 11.6. The number of rotatable bonds is 2. The number of ether oxygens (including phenoxy) is 1. The van der Waals surface area contributed by atoms with Crippen LogP contribution in [0.2, 0.25) is 0 Å². The van der Waals surface area contributed by atoms with Crippen LogP contribution in [0.3, 0.4) is 0 Å². The molecule has 0 bridgehead atoms. The minimum Gasteiger partial charge on any atom is -0.379 e. The summed E-state index contributed by atoms with van der Waals surface area (Å²) in [5.41, 5.74) is -0.352. The number of piperidine rings is 1. The molecule has 1 N–H and O–H groups in total. The Balaban J connectivity index is 0.00000144. The number of nitrogens with zero attached hydrogens (tertiary/aromatic N) is 1. The summed E-state index contributed by atoms with van der Waals surface area (Å²) < 4.78 is 5.33. The lowest BCUT2D eigenvalue weighted by Gasteiger charge is -2.38. The molecule has 4 nitrogen and oxygen atoms in total. The summed E-state index contributed by atoms with van der Waals surface area (Å²) in [6.45, 7) is 4.46. The largest absolute Gasteiger partial charge is 0.379 e. The molecule has 0 aromatic heterocycles. The van der Waals surface area contributed by atoms with Crippen LogP contribution in [0.5, 0.6) is 0 Å². The van der Waals surface area contributed by atoms with Gasteiger partial charge in [-0.15, -0.1) is 12.4 Å². The highest BCUT2D eigenvalue weighted by molar-refractivity contribution is 5.86. The maximum absolute atomic E-state index is 12.4. The molecule has 0 saturated carbocycles. The van der Waals surface area contributed by atoms with Crippen LogP contribution in [0.1, 0.15) is 32.6 Å². The van der Waals surface area contributed by atoms with Crippen LogP contribution < -0.4 is 5.32 Å². The lowest BCUT2D eigenvalue weighted by Crippen LogP contribution is -2.59. The first-order valence-electron chi connectivity index (χ1n) is 6.23. The van der Waals surface area contributed by atoms with Crippen molar-refractivity contribution in [3.05, 3.63) is 0 Å². The second kappa shape index (κ2) is 6.03. The van der Waals surface area contributed by atoms with E-state index < -0.39 is 0 Å². The quantitative estimate of drug-likeness (QED) is 0.813. The molecule has 2 aliphatic heterocycles. The summed E-state index contributed by atoms with van der Waals surface area (Å²) >= 11 is 0. The monoisotopic (exact) mass is 262 g/mol.